The number of carbonyl (C=O) groups is 1. The monoisotopic (exact) mass is 427 g/mol. The summed E-state index contributed by atoms with van der Waals surface area (Å²) in [4.78, 5) is 19.4. The highest BCUT2D eigenvalue weighted by molar-refractivity contribution is 5.76. The number of rotatable bonds is 5. The van der Waals surface area contributed by atoms with Crippen molar-refractivity contribution in [3.8, 4) is 12.1 Å². The lowest BCUT2D eigenvalue weighted by Gasteiger charge is -2.34. The number of carbonyl (C=O) groups excluding carboxylic acids is 1. The van der Waals surface area contributed by atoms with Gasteiger partial charge in [0.2, 0.25) is 5.91 Å². The Balaban J connectivity index is 1.31. The third-order valence-electron chi connectivity index (χ3n) is 6.15. The van der Waals surface area contributed by atoms with E-state index in [2.05, 4.69) is 32.4 Å². The van der Waals surface area contributed by atoms with Gasteiger partial charge < -0.3 is 10.2 Å². The van der Waals surface area contributed by atoms with Gasteiger partial charge in [-0.1, -0.05) is 0 Å². The lowest BCUT2D eigenvalue weighted by molar-refractivity contribution is -0.121. The number of aromatic nitrogens is 3. The molecule has 1 aromatic carbocycles. The second-order valence-corrected chi connectivity index (χ2v) is 8.15. The molecule has 8 heteroatoms. The van der Waals surface area contributed by atoms with Gasteiger partial charge in [0.15, 0.2) is 5.65 Å². The molecule has 0 radical (unpaired) electrons. The van der Waals surface area contributed by atoms with Crippen LogP contribution in [0.5, 0.6) is 0 Å². The molecule has 3 aromatic rings. The Hall–Kier alpha value is -3.91. The first kappa shape index (κ1) is 21.3. The van der Waals surface area contributed by atoms with E-state index < -0.39 is 0 Å². The number of hydrogen-bond donors (Lipinski definition) is 1. The zero-order chi connectivity index (χ0) is 22.7. The molecule has 0 unspecified atom stereocenters. The normalized spacial score (nSPS) is 14.2. The number of nitriles is 2. The van der Waals surface area contributed by atoms with E-state index in [1.807, 2.05) is 38.1 Å². The molecule has 1 saturated heterocycles. The van der Waals surface area contributed by atoms with Crippen LogP contribution in [0.15, 0.2) is 30.5 Å². The van der Waals surface area contributed by atoms with Crippen molar-refractivity contribution in [2.45, 2.75) is 45.6 Å². The number of hydrogen-bond acceptors (Lipinski definition) is 6. The average Bonchev–Trinajstić information content (AvgIpc) is 3.22. The van der Waals surface area contributed by atoms with Crippen molar-refractivity contribution in [3.05, 3.63) is 58.5 Å². The van der Waals surface area contributed by atoms with Gasteiger partial charge in [0.1, 0.15) is 11.6 Å². The van der Waals surface area contributed by atoms with Crippen molar-refractivity contribution < 1.29 is 4.79 Å². The van der Waals surface area contributed by atoms with Crippen LogP contribution < -0.4 is 10.2 Å². The van der Waals surface area contributed by atoms with E-state index in [0.29, 0.717) is 29.6 Å². The molecule has 1 aliphatic heterocycles. The quantitative estimate of drug-likeness (QED) is 0.670. The van der Waals surface area contributed by atoms with Crippen molar-refractivity contribution in [1.82, 2.24) is 19.9 Å². The van der Waals surface area contributed by atoms with Crippen molar-refractivity contribution >= 4 is 17.2 Å². The van der Waals surface area contributed by atoms with Gasteiger partial charge in [-0.25, -0.2) is 9.50 Å². The van der Waals surface area contributed by atoms with Crippen LogP contribution in [-0.2, 0) is 11.2 Å². The summed E-state index contributed by atoms with van der Waals surface area (Å²) in [6.45, 7) is 5.60. The molecule has 4 rings (SSSR count). The smallest absolute Gasteiger partial charge is 0.220 e. The Morgan fingerprint density at radius 3 is 2.53 bits per heavy atom. The Kier molecular flexibility index (Phi) is 6.04. The van der Waals surface area contributed by atoms with Gasteiger partial charge in [-0.3, -0.25) is 4.79 Å². The highest BCUT2D eigenvalue weighted by atomic mass is 16.1. The summed E-state index contributed by atoms with van der Waals surface area (Å²) in [5.41, 5.74) is 5.52. The molecular formula is C24H25N7O. The second kappa shape index (κ2) is 9.07. The molecule has 32 heavy (non-hydrogen) atoms. The lowest BCUT2D eigenvalue weighted by atomic mass is 10.0. The van der Waals surface area contributed by atoms with Crippen molar-refractivity contribution in [2.24, 2.45) is 0 Å². The predicted molar refractivity (Wildman–Crippen MR) is 120 cm³/mol. The minimum atomic E-state index is 0.0406. The average molecular weight is 428 g/mol. The number of anilines is 1. The second-order valence-electron chi connectivity index (χ2n) is 8.15. The summed E-state index contributed by atoms with van der Waals surface area (Å²) >= 11 is 0. The summed E-state index contributed by atoms with van der Waals surface area (Å²) in [6.07, 6.45) is 4.27. The van der Waals surface area contributed by atoms with Crippen LogP contribution in [0.25, 0.3) is 5.65 Å². The van der Waals surface area contributed by atoms with E-state index in [-0.39, 0.29) is 11.9 Å². The molecule has 0 atom stereocenters. The van der Waals surface area contributed by atoms with Gasteiger partial charge in [-0.05, 0) is 62.9 Å². The largest absolute Gasteiger partial charge is 0.371 e. The van der Waals surface area contributed by atoms with Crippen molar-refractivity contribution in [1.29, 1.82) is 10.5 Å². The molecule has 0 saturated carbocycles. The Bertz CT molecular complexity index is 1220. The number of amides is 1. The number of benzene rings is 1. The Morgan fingerprint density at radius 2 is 1.88 bits per heavy atom. The molecule has 0 bridgehead atoms. The first-order valence-corrected chi connectivity index (χ1v) is 10.8. The zero-order valence-corrected chi connectivity index (χ0v) is 18.3. The maximum atomic E-state index is 12.6. The van der Waals surface area contributed by atoms with E-state index in [9.17, 15) is 10.1 Å². The fraction of sp³-hybridized carbons (Fsp3) is 0.375. The summed E-state index contributed by atoms with van der Waals surface area (Å²) in [7, 11) is 0. The van der Waals surface area contributed by atoms with E-state index in [4.69, 9.17) is 5.26 Å². The van der Waals surface area contributed by atoms with E-state index >= 15 is 0 Å². The maximum absolute atomic E-state index is 12.6. The highest BCUT2D eigenvalue weighted by Gasteiger charge is 2.21. The Morgan fingerprint density at radius 1 is 1.16 bits per heavy atom. The molecule has 8 nitrogen and oxygen atoms in total. The first-order chi connectivity index (χ1) is 15.5. The minimum absolute atomic E-state index is 0.0406. The van der Waals surface area contributed by atoms with E-state index in [0.717, 1.165) is 48.6 Å². The standard InChI is InChI=1S/C24H25N7O/c1-16-22(17(2)31-24(28-16)19(14-26)15-27-31)7-8-23(32)29-20-9-11-30(12-10-20)21-5-3-18(13-25)4-6-21/h3-6,15,20H,7-12H2,1-2H3,(H,29,32). The zero-order valence-electron chi connectivity index (χ0n) is 18.3. The summed E-state index contributed by atoms with van der Waals surface area (Å²) in [6, 6.07) is 12.1. The topological polar surface area (TPSA) is 110 Å². The van der Waals surface area contributed by atoms with Gasteiger partial charge in [0, 0.05) is 42.6 Å². The van der Waals surface area contributed by atoms with Crippen LogP contribution in [0.2, 0.25) is 0 Å². The molecule has 1 N–H and O–H groups in total. The fourth-order valence-electron chi connectivity index (χ4n) is 4.32. The first-order valence-electron chi connectivity index (χ1n) is 10.8. The molecule has 0 spiro atoms. The summed E-state index contributed by atoms with van der Waals surface area (Å²) in [5, 5.41) is 25.6. The highest BCUT2D eigenvalue weighted by Crippen LogP contribution is 2.21. The summed E-state index contributed by atoms with van der Waals surface area (Å²) < 4.78 is 1.68. The molecule has 2 aromatic heterocycles. The molecule has 1 amide bonds. The molecule has 162 valence electrons. The third kappa shape index (κ3) is 4.26. The van der Waals surface area contributed by atoms with Gasteiger partial charge in [0.25, 0.3) is 0 Å². The molecule has 3 heterocycles. The molecule has 1 fully saturated rings. The van der Waals surface area contributed by atoms with Gasteiger partial charge >= 0.3 is 0 Å². The van der Waals surface area contributed by atoms with Gasteiger partial charge in [0.05, 0.1) is 17.8 Å². The van der Waals surface area contributed by atoms with E-state index in [1.165, 1.54) is 6.20 Å². The molecular weight excluding hydrogens is 402 g/mol. The van der Waals surface area contributed by atoms with Gasteiger partial charge in [-0.2, -0.15) is 15.6 Å². The summed E-state index contributed by atoms with van der Waals surface area (Å²) in [5.74, 6) is 0.0406. The number of nitrogens with one attached hydrogen (secondary N) is 1. The van der Waals surface area contributed by atoms with Crippen LogP contribution in [0.3, 0.4) is 0 Å². The van der Waals surface area contributed by atoms with Crippen molar-refractivity contribution in [2.75, 3.05) is 18.0 Å². The van der Waals surface area contributed by atoms with E-state index in [1.54, 1.807) is 4.52 Å². The number of piperidine rings is 1. The number of nitrogens with zero attached hydrogens (tertiary/aromatic N) is 6. The van der Waals surface area contributed by atoms with Crippen LogP contribution in [0, 0.1) is 36.5 Å². The lowest BCUT2D eigenvalue weighted by Crippen LogP contribution is -2.44. The Labute approximate surface area is 187 Å². The fourth-order valence-corrected chi connectivity index (χ4v) is 4.32. The van der Waals surface area contributed by atoms with Crippen LogP contribution >= 0.6 is 0 Å². The van der Waals surface area contributed by atoms with Gasteiger partial charge in [-0.15, -0.1) is 0 Å². The number of aryl methyl sites for hydroxylation is 2. The van der Waals surface area contributed by atoms with Crippen LogP contribution in [0.4, 0.5) is 5.69 Å². The molecule has 1 aliphatic rings. The SMILES string of the molecule is Cc1nc2c(C#N)cnn2c(C)c1CCC(=O)NC1CCN(c2ccc(C#N)cc2)CC1. The van der Waals surface area contributed by atoms with Crippen LogP contribution in [0.1, 0.15) is 47.3 Å². The van der Waals surface area contributed by atoms with Crippen LogP contribution in [-0.4, -0.2) is 39.6 Å². The van der Waals surface area contributed by atoms with Crippen molar-refractivity contribution in [3.63, 3.8) is 0 Å². The molecule has 0 aliphatic carbocycles. The third-order valence-corrected chi connectivity index (χ3v) is 6.15. The minimum Gasteiger partial charge on any atom is -0.371 e. The maximum Gasteiger partial charge on any atom is 0.220 e. The predicted octanol–water partition coefficient (Wildman–Crippen LogP) is 2.81. The number of fused-ring (bicyclic) bond motifs is 1.